The van der Waals surface area contributed by atoms with Crippen molar-refractivity contribution >= 4 is 17.4 Å². The molecule has 0 aliphatic heterocycles. The normalized spacial score (nSPS) is 10.7. The smallest absolute Gasteiger partial charge is 0.170 e. The maximum Gasteiger partial charge on any atom is 0.170 e. The van der Waals surface area contributed by atoms with Crippen LogP contribution in [0.25, 0.3) is 0 Å². The first-order valence-electron chi connectivity index (χ1n) is 5.81. The van der Waals surface area contributed by atoms with Gasteiger partial charge in [0.05, 0.1) is 5.56 Å². The van der Waals surface area contributed by atoms with E-state index in [-0.39, 0.29) is 22.6 Å². The number of hydrogen-bond donors (Lipinski definition) is 0. The predicted octanol–water partition coefficient (Wildman–Crippen LogP) is 4.49. The lowest BCUT2D eigenvalue weighted by atomic mass is 10.0. The van der Waals surface area contributed by atoms with Crippen LogP contribution in [-0.2, 0) is 6.42 Å². The standard InChI is InChI=1S/C15H10ClF3O/c1-8-4-11(14(19)7-13(8)18)15(20)5-9-2-3-10(17)6-12(9)16/h2-4,6-7H,5H2,1H3. The molecule has 5 heteroatoms. The summed E-state index contributed by atoms with van der Waals surface area (Å²) in [7, 11) is 0. The second-order valence-electron chi connectivity index (χ2n) is 4.42. The van der Waals surface area contributed by atoms with Crippen molar-refractivity contribution in [3.63, 3.8) is 0 Å². The Labute approximate surface area is 119 Å². The summed E-state index contributed by atoms with van der Waals surface area (Å²) < 4.78 is 39.6. The van der Waals surface area contributed by atoms with Gasteiger partial charge in [-0.25, -0.2) is 13.2 Å². The van der Waals surface area contributed by atoms with Gasteiger partial charge in [0.1, 0.15) is 17.5 Å². The Balaban J connectivity index is 2.31. The highest BCUT2D eigenvalue weighted by Crippen LogP contribution is 2.21. The number of carbonyl (C=O) groups excluding carboxylic acids is 1. The van der Waals surface area contributed by atoms with Crippen LogP contribution in [0.2, 0.25) is 5.02 Å². The van der Waals surface area contributed by atoms with Gasteiger partial charge in [0.2, 0.25) is 0 Å². The Morgan fingerprint density at radius 1 is 1.10 bits per heavy atom. The summed E-state index contributed by atoms with van der Waals surface area (Å²) in [5.41, 5.74) is 0.365. The first kappa shape index (κ1) is 14.6. The first-order valence-corrected chi connectivity index (χ1v) is 6.19. The topological polar surface area (TPSA) is 17.1 Å². The zero-order valence-electron chi connectivity index (χ0n) is 10.5. The Kier molecular flexibility index (Phi) is 4.14. The molecule has 0 saturated heterocycles. The summed E-state index contributed by atoms with van der Waals surface area (Å²) in [6.45, 7) is 1.44. The molecule has 2 aromatic carbocycles. The molecular weight excluding hydrogens is 289 g/mol. The molecular formula is C15H10ClF3O. The van der Waals surface area contributed by atoms with Gasteiger partial charge in [-0.1, -0.05) is 17.7 Å². The minimum atomic E-state index is -0.920. The third-order valence-electron chi connectivity index (χ3n) is 2.91. The van der Waals surface area contributed by atoms with Crippen LogP contribution in [0.1, 0.15) is 21.5 Å². The van der Waals surface area contributed by atoms with E-state index < -0.39 is 23.2 Å². The molecule has 104 valence electrons. The minimum Gasteiger partial charge on any atom is -0.294 e. The zero-order valence-corrected chi connectivity index (χ0v) is 11.3. The number of halogens is 4. The molecule has 20 heavy (non-hydrogen) atoms. The summed E-state index contributed by atoms with van der Waals surface area (Å²) in [5, 5.41) is 0.0950. The average molecular weight is 299 g/mol. The molecule has 0 heterocycles. The van der Waals surface area contributed by atoms with Gasteiger partial charge in [0, 0.05) is 17.5 Å². The van der Waals surface area contributed by atoms with Crippen molar-refractivity contribution in [2.24, 2.45) is 0 Å². The number of aryl methyl sites for hydroxylation is 1. The molecule has 0 saturated carbocycles. The molecule has 0 aliphatic rings. The predicted molar refractivity (Wildman–Crippen MR) is 70.5 cm³/mol. The first-order chi connectivity index (χ1) is 9.38. The van der Waals surface area contributed by atoms with Crippen molar-refractivity contribution in [2.45, 2.75) is 13.3 Å². The van der Waals surface area contributed by atoms with Gasteiger partial charge < -0.3 is 0 Å². The number of rotatable bonds is 3. The highest BCUT2D eigenvalue weighted by atomic mass is 35.5. The highest BCUT2D eigenvalue weighted by Gasteiger charge is 2.16. The van der Waals surface area contributed by atoms with Crippen LogP contribution in [0.15, 0.2) is 30.3 Å². The lowest BCUT2D eigenvalue weighted by Crippen LogP contribution is -2.08. The van der Waals surface area contributed by atoms with E-state index in [4.69, 9.17) is 11.6 Å². The van der Waals surface area contributed by atoms with E-state index >= 15 is 0 Å². The van der Waals surface area contributed by atoms with Crippen LogP contribution in [0.4, 0.5) is 13.2 Å². The minimum absolute atomic E-state index is 0.0950. The summed E-state index contributed by atoms with van der Waals surface area (Å²) in [6, 6.07) is 5.44. The van der Waals surface area contributed by atoms with E-state index in [1.807, 2.05) is 0 Å². The van der Waals surface area contributed by atoms with Crippen molar-refractivity contribution < 1.29 is 18.0 Å². The molecule has 0 radical (unpaired) electrons. The fourth-order valence-corrected chi connectivity index (χ4v) is 2.04. The van der Waals surface area contributed by atoms with Gasteiger partial charge in [-0.15, -0.1) is 0 Å². The second-order valence-corrected chi connectivity index (χ2v) is 4.82. The number of Topliss-reactive ketones (excluding diaryl/α,β-unsaturated/α-hetero) is 1. The molecule has 0 fully saturated rings. The second kappa shape index (κ2) is 5.67. The van der Waals surface area contributed by atoms with Crippen LogP contribution < -0.4 is 0 Å². The van der Waals surface area contributed by atoms with Gasteiger partial charge >= 0.3 is 0 Å². The van der Waals surface area contributed by atoms with Crippen molar-refractivity contribution in [1.82, 2.24) is 0 Å². The van der Waals surface area contributed by atoms with Crippen LogP contribution >= 0.6 is 11.6 Å². The van der Waals surface area contributed by atoms with E-state index in [1.54, 1.807) is 0 Å². The molecule has 2 aromatic rings. The zero-order chi connectivity index (χ0) is 14.9. The van der Waals surface area contributed by atoms with Crippen molar-refractivity contribution in [1.29, 1.82) is 0 Å². The van der Waals surface area contributed by atoms with Gasteiger partial charge in [-0.05, 0) is 36.2 Å². The van der Waals surface area contributed by atoms with Crippen LogP contribution in [0.3, 0.4) is 0 Å². The Hall–Kier alpha value is -1.81. The fourth-order valence-electron chi connectivity index (χ4n) is 1.80. The van der Waals surface area contributed by atoms with Crippen molar-refractivity contribution in [3.8, 4) is 0 Å². The molecule has 2 rings (SSSR count). The third-order valence-corrected chi connectivity index (χ3v) is 3.27. The quantitative estimate of drug-likeness (QED) is 0.763. The molecule has 0 amide bonds. The maximum atomic E-state index is 13.6. The molecule has 0 aliphatic carbocycles. The number of ketones is 1. The highest BCUT2D eigenvalue weighted by molar-refractivity contribution is 6.31. The lowest BCUT2D eigenvalue weighted by molar-refractivity contribution is 0.0989. The molecule has 0 N–H and O–H groups in total. The average Bonchev–Trinajstić information content (AvgIpc) is 2.37. The van der Waals surface area contributed by atoms with Crippen LogP contribution in [0.5, 0.6) is 0 Å². The molecule has 0 spiro atoms. The van der Waals surface area contributed by atoms with Crippen molar-refractivity contribution in [2.75, 3.05) is 0 Å². The van der Waals surface area contributed by atoms with E-state index in [9.17, 15) is 18.0 Å². The van der Waals surface area contributed by atoms with E-state index in [1.165, 1.54) is 19.1 Å². The summed E-state index contributed by atoms with van der Waals surface area (Å²) in [6.07, 6.45) is -0.179. The van der Waals surface area contributed by atoms with E-state index in [2.05, 4.69) is 0 Å². The number of benzene rings is 2. The maximum absolute atomic E-state index is 13.6. The Morgan fingerprint density at radius 3 is 2.45 bits per heavy atom. The van der Waals surface area contributed by atoms with Gasteiger partial charge in [-0.2, -0.15) is 0 Å². The largest absolute Gasteiger partial charge is 0.294 e. The van der Waals surface area contributed by atoms with E-state index in [0.29, 0.717) is 11.6 Å². The van der Waals surface area contributed by atoms with Crippen molar-refractivity contribution in [3.05, 3.63) is 69.5 Å². The summed E-state index contributed by atoms with van der Waals surface area (Å²) in [4.78, 5) is 12.0. The molecule has 0 bridgehead atoms. The van der Waals surface area contributed by atoms with Gasteiger partial charge in [0.15, 0.2) is 5.78 Å². The van der Waals surface area contributed by atoms with Gasteiger partial charge in [0.25, 0.3) is 0 Å². The van der Waals surface area contributed by atoms with Crippen LogP contribution in [0, 0.1) is 24.4 Å². The molecule has 0 atom stereocenters. The molecule has 1 nitrogen and oxygen atoms in total. The third kappa shape index (κ3) is 3.02. The Bertz CT molecular complexity index is 683. The molecule has 0 aromatic heterocycles. The number of carbonyl (C=O) groups is 1. The van der Waals surface area contributed by atoms with Crippen LogP contribution in [-0.4, -0.2) is 5.78 Å². The lowest BCUT2D eigenvalue weighted by Gasteiger charge is -2.07. The molecule has 0 unspecified atom stereocenters. The summed E-state index contributed by atoms with van der Waals surface area (Å²) in [5.74, 6) is -2.69. The monoisotopic (exact) mass is 298 g/mol. The SMILES string of the molecule is Cc1cc(C(=O)Cc2ccc(F)cc2Cl)c(F)cc1F. The van der Waals surface area contributed by atoms with Gasteiger partial charge in [-0.3, -0.25) is 4.79 Å². The Morgan fingerprint density at radius 2 is 1.80 bits per heavy atom. The number of hydrogen-bond acceptors (Lipinski definition) is 1. The van der Waals surface area contributed by atoms with E-state index in [0.717, 1.165) is 12.1 Å². The fraction of sp³-hybridized carbons (Fsp3) is 0.133. The summed E-state index contributed by atoms with van der Waals surface area (Å²) >= 11 is 5.81.